The highest BCUT2D eigenvalue weighted by Crippen LogP contribution is 2.22. The van der Waals surface area contributed by atoms with Crippen LogP contribution in [0.3, 0.4) is 0 Å². The molecule has 0 aromatic carbocycles. The summed E-state index contributed by atoms with van der Waals surface area (Å²) in [4.78, 5) is 13.6. The summed E-state index contributed by atoms with van der Waals surface area (Å²) in [7, 11) is 1.54. The van der Waals surface area contributed by atoms with E-state index in [9.17, 15) is 9.90 Å². The zero-order valence-corrected chi connectivity index (χ0v) is 12.2. The normalized spacial score (nSPS) is 24.4. The van der Waals surface area contributed by atoms with Crippen LogP contribution in [-0.2, 0) is 14.2 Å². The Morgan fingerprint density at radius 2 is 2.11 bits per heavy atom. The zero-order chi connectivity index (χ0) is 14.5. The van der Waals surface area contributed by atoms with Gasteiger partial charge in [0.25, 0.3) is 0 Å². The van der Waals surface area contributed by atoms with Crippen LogP contribution in [0.5, 0.6) is 0 Å². The molecule has 1 N–H and O–H groups in total. The lowest BCUT2D eigenvalue weighted by atomic mass is 9.95. The third-order valence-electron chi connectivity index (χ3n) is 2.98. The van der Waals surface area contributed by atoms with E-state index in [1.54, 1.807) is 12.0 Å². The Hall–Kier alpha value is -0.850. The van der Waals surface area contributed by atoms with E-state index in [1.807, 2.05) is 20.8 Å². The van der Waals surface area contributed by atoms with Gasteiger partial charge in [-0.15, -0.1) is 0 Å². The Balaban J connectivity index is 2.56. The van der Waals surface area contributed by atoms with E-state index in [-0.39, 0.29) is 31.5 Å². The van der Waals surface area contributed by atoms with Crippen LogP contribution < -0.4 is 0 Å². The minimum atomic E-state index is -0.506. The molecule has 1 fully saturated rings. The Morgan fingerprint density at radius 1 is 1.42 bits per heavy atom. The summed E-state index contributed by atoms with van der Waals surface area (Å²) in [5.41, 5.74) is -0.506. The SMILES string of the molecule is COCO[C@H]1CN(C(=O)OC(C)(C)C)CC[C@H]1CO. The van der Waals surface area contributed by atoms with Crippen molar-refractivity contribution in [1.82, 2.24) is 4.90 Å². The van der Waals surface area contributed by atoms with Crippen molar-refractivity contribution < 1.29 is 24.1 Å². The Bertz CT molecular complexity index is 289. The highest BCUT2D eigenvalue weighted by molar-refractivity contribution is 5.68. The molecule has 0 spiro atoms. The summed E-state index contributed by atoms with van der Waals surface area (Å²) in [6, 6.07) is 0. The number of hydrogen-bond donors (Lipinski definition) is 1. The van der Waals surface area contributed by atoms with Crippen molar-refractivity contribution in [3.63, 3.8) is 0 Å². The van der Waals surface area contributed by atoms with Crippen LogP contribution in [-0.4, -0.2) is 61.4 Å². The highest BCUT2D eigenvalue weighted by atomic mass is 16.7. The molecule has 0 radical (unpaired) electrons. The lowest BCUT2D eigenvalue weighted by Crippen LogP contribution is -2.50. The molecule has 0 bridgehead atoms. The van der Waals surface area contributed by atoms with Crippen LogP contribution >= 0.6 is 0 Å². The number of likely N-dealkylation sites (tertiary alicyclic amines) is 1. The number of rotatable bonds is 4. The van der Waals surface area contributed by atoms with E-state index >= 15 is 0 Å². The molecule has 112 valence electrons. The smallest absolute Gasteiger partial charge is 0.410 e. The van der Waals surface area contributed by atoms with Gasteiger partial charge in [0, 0.05) is 26.2 Å². The second kappa shape index (κ2) is 7.07. The predicted octanol–water partition coefficient (Wildman–Crippen LogP) is 1.22. The number of amides is 1. The molecule has 1 rings (SSSR count). The highest BCUT2D eigenvalue weighted by Gasteiger charge is 2.33. The molecule has 6 nitrogen and oxygen atoms in total. The molecule has 6 heteroatoms. The van der Waals surface area contributed by atoms with Crippen LogP contribution in [0.25, 0.3) is 0 Å². The maximum Gasteiger partial charge on any atom is 0.410 e. The molecule has 1 amide bonds. The van der Waals surface area contributed by atoms with Crippen molar-refractivity contribution in [2.24, 2.45) is 5.92 Å². The van der Waals surface area contributed by atoms with Gasteiger partial charge in [0.15, 0.2) is 0 Å². The van der Waals surface area contributed by atoms with E-state index in [2.05, 4.69) is 0 Å². The van der Waals surface area contributed by atoms with Gasteiger partial charge in [-0.3, -0.25) is 0 Å². The number of methoxy groups -OCH3 is 1. The zero-order valence-electron chi connectivity index (χ0n) is 12.2. The largest absolute Gasteiger partial charge is 0.444 e. The topological polar surface area (TPSA) is 68.2 Å². The van der Waals surface area contributed by atoms with Crippen molar-refractivity contribution in [2.75, 3.05) is 33.6 Å². The second-order valence-corrected chi connectivity index (χ2v) is 5.77. The third kappa shape index (κ3) is 5.34. The quantitative estimate of drug-likeness (QED) is 0.781. The van der Waals surface area contributed by atoms with Crippen molar-refractivity contribution in [1.29, 1.82) is 0 Å². The third-order valence-corrected chi connectivity index (χ3v) is 2.98. The summed E-state index contributed by atoms with van der Waals surface area (Å²) in [6.07, 6.45) is 0.144. The maximum atomic E-state index is 12.0. The fourth-order valence-electron chi connectivity index (χ4n) is 2.01. The fraction of sp³-hybridized carbons (Fsp3) is 0.923. The number of nitrogens with zero attached hydrogens (tertiary/aromatic N) is 1. The molecule has 1 saturated heterocycles. The van der Waals surface area contributed by atoms with Crippen molar-refractivity contribution in [3.8, 4) is 0 Å². The number of aliphatic hydroxyl groups excluding tert-OH is 1. The summed E-state index contributed by atoms with van der Waals surface area (Å²) in [5.74, 6) is 0.0360. The Labute approximate surface area is 114 Å². The van der Waals surface area contributed by atoms with Gasteiger partial charge >= 0.3 is 6.09 Å². The van der Waals surface area contributed by atoms with E-state index in [0.29, 0.717) is 19.5 Å². The van der Waals surface area contributed by atoms with E-state index in [1.165, 1.54) is 0 Å². The standard InChI is InChI=1S/C13H25NO5/c1-13(2,3)19-12(16)14-6-5-10(8-15)11(7-14)18-9-17-4/h10-11,15H,5-9H2,1-4H3/t10-,11-/m0/s1. The summed E-state index contributed by atoms with van der Waals surface area (Å²) in [6.45, 7) is 6.72. The Kier molecular flexibility index (Phi) is 6.03. The first-order valence-electron chi connectivity index (χ1n) is 6.56. The van der Waals surface area contributed by atoms with Gasteiger partial charge in [-0.2, -0.15) is 0 Å². The first kappa shape index (κ1) is 16.2. The minimum Gasteiger partial charge on any atom is -0.444 e. The molecule has 0 saturated carbocycles. The number of aliphatic hydroxyl groups is 1. The molecule has 1 aliphatic rings. The average molecular weight is 275 g/mol. The van der Waals surface area contributed by atoms with Gasteiger partial charge < -0.3 is 24.2 Å². The fourth-order valence-corrected chi connectivity index (χ4v) is 2.01. The predicted molar refractivity (Wildman–Crippen MR) is 69.7 cm³/mol. The van der Waals surface area contributed by atoms with Gasteiger partial charge in [0.05, 0.1) is 12.6 Å². The molecule has 0 aromatic rings. The van der Waals surface area contributed by atoms with Crippen LogP contribution in [0, 0.1) is 5.92 Å². The van der Waals surface area contributed by atoms with Crippen LogP contribution in [0.1, 0.15) is 27.2 Å². The molecule has 0 aromatic heterocycles. The molecule has 2 atom stereocenters. The van der Waals surface area contributed by atoms with E-state index < -0.39 is 5.60 Å². The molecule has 19 heavy (non-hydrogen) atoms. The lowest BCUT2D eigenvalue weighted by Gasteiger charge is -2.37. The number of piperidine rings is 1. The van der Waals surface area contributed by atoms with Gasteiger partial charge in [0.2, 0.25) is 0 Å². The molecule has 1 aliphatic heterocycles. The molecule has 0 aliphatic carbocycles. The van der Waals surface area contributed by atoms with Crippen molar-refractivity contribution >= 4 is 6.09 Å². The van der Waals surface area contributed by atoms with Crippen molar-refractivity contribution in [2.45, 2.75) is 38.9 Å². The number of carbonyl (C=O) groups is 1. The molecular formula is C13H25NO5. The monoisotopic (exact) mass is 275 g/mol. The Morgan fingerprint density at radius 3 is 2.63 bits per heavy atom. The summed E-state index contributed by atoms with van der Waals surface area (Å²) in [5, 5.41) is 9.32. The number of carbonyl (C=O) groups excluding carboxylic acids is 1. The van der Waals surface area contributed by atoms with Gasteiger partial charge in [-0.25, -0.2) is 4.79 Å². The van der Waals surface area contributed by atoms with Gasteiger partial charge in [0.1, 0.15) is 12.4 Å². The van der Waals surface area contributed by atoms with E-state index in [4.69, 9.17) is 14.2 Å². The molecular weight excluding hydrogens is 250 g/mol. The van der Waals surface area contributed by atoms with Crippen LogP contribution in [0.4, 0.5) is 4.79 Å². The lowest BCUT2D eigenvalue weighted by molar-refractivity contribution is -0.119. The number of hydrogen-bond acceptors (Lipinski definition) is 5. The van der Waals surface area contributed by atoms with Crippen LogP contribution in [0.2, 0.25) is 0 Å². The van der Waals surface area contributed by atoms with E-state index in [0.717, 1.165) is 0 Å². The second-order valence-electron chi connectivity index (χ2n) is 5.77. The minimum absolute atomic E-state index is 0.0360. The van der Waals surface area contributed by atoms with Crippen molar-refractivity contribution in [3.05, 3.63) is 0 Å². The average Bonchev–Trinajstić information content (AvgIpc) is 2.33. The summed E-state index contributed by atoms with van der Waals surface area (Å²) < 4.78 is 15.7. The van der Waals surface area contributed by atoms with Gasteiger partial charge in [-0.1, -0.05) is 0 Å². The molecule has 0 unspecified atom stereocenters. The number of ether oxygens (including phenoxy) is 3. The first-order valence-corrected chi connectivity index (χ1v) is 6.56. The summed E-state index contributed by atoms with van der Waals surface area (Å²) >= 11 is 0. The van der Waals surface area contributed by atoms with Gasteiger partial charge in [-0.05, 0) is 27.2 Å². The maximum absolute atomic E-state index is 12.0. The van der Waals surface area contributed by atoms with Crippen LogP contribution in [0.15, 0.2) is 0 Å². The first-order chi connectivity index (χ1) is 8.87. The molecule has 1 heterocycles.